The zero-order chi connectivity index (χ0) is 20.6. The van der Waals surface area contributed by atoms with Crippen molar-refractivity contribution >= 4 is 0 Å². The van der Waals surface area contributed by atoms with Crippen LogP contribution in [0.15, 0.2) is 24.3 Å². The smallest absolute Gasteiger partial charge is 0.0153 e. The maximum atomic E-state index is 2.44. The second-order valence-electron chi connectivity index (χ2n) is 9.79. The molecule has 0 heterocycles. The van der Waals surface area contributed by atoms with Gasteiger partial charge in [-0.05, 0) is 42.2 Å². The van der Waals surface area contributed by atoms with Crippen molar-refractivity contribution in [1.29, 1.82) is 0 Å². The predicted octanol–water partition coefficient (Wildman–Crippen LogP) is 10.3. The molecule has 1 aromatic carbocycles. The quantitative estimate of drug-likeness (QED) is 0.216. The standard InChI is InChI=1S/C29H50/c1-3-5-7-9-11-12-13-14-16-18-22-27-25-26(21-17-15-10-8-6-4-2)28-23-19-20-24-29(27)28/h19-20,23-24,26-27H,3-18,21-22,25H2,1-2H3. The second kappa shape index (κ2) is 16.0. The summed E-state index contributed by atoms with van der Waals surface area (Å²) in [6.07, 6.45) is 27.3. The number of unbranched alkanes of at least 4 members (excludes halogenated alkanes) is 14. The molecule has 2 unspecified atom stereocenters. The lowest BCUT2D eigenvalue weighted by molar-refractivity contribution is 0.478. The van der Waals surface area contributed by atoms with E-state index in [4.69, 9.17) is 0 Å². The Labute approximate surface area is 183 Å². The normalized spacial score (nSPS) is 18.3. The summed E-state index contributed by atoms with van der Waals surface area (Å²) in [5, 5.41) is 0. The van der Waals surface area contributed by atoms with Crippen LogP contribution in [-0.2, 0) is 0 Å². The van der Waals surface area contributed by atoms with Crippen LogP contribution in [0.5, 0.6) is 0 Å². The lowest BCUT2D eigenvalue weighted by atomic mass is 9.92. The van der Waals surface area contributed by atoms with Crippen LogP contribution in [0.3, 0.4) is 0 Å². The Kier molecular flexibility index (Phi) is 13.5. The minimum absolute atomic E-state index is 0.852. The van der Waals surface area contributed by atoms with Gasteiger partial charge < -0.3 is 0 Å². The first-order valence-corrected chi connectivity index (χ1v) is 13.5. The Morgan fingerprint density at radius 2 is 0.862 bits per heavy atom. The van der Waals surface area contributed by atoms with Crippen molar-refractivity contribution in [3.8, 4) is 0 Å². The third-order valence-electron chi connectivity index (χ3n) is 7.26. The fourth-order valence-electron chi connectivity index (χ4n) is 5.45. The molecule has 0 nitrogen and oxygen atoms in total. The first kappa shape index (κ1) is 24.5. The fourth-order valence-corrected chi connectivity index (χ4v) is 5.45. The van der Waals surface area contributed by atoms with Crippen molar-refractivity contribution in [2.24, 2.45) is 0 Å². The van der Waals surface area contributed by atoms with Gasteiger partial charge in [-0.2, -0.15) is 0 Å². The highest BCUT2D eigenvalue weighted by Gasteiger charge is 2.29. The van der Waals surface area contributed by atoms with E-state index in [0.717, 1.165) is 11.8 Å². The lowest BCUT2D eigenvalue weighted by Gasteiger charge is -2.12. The van der Waals surface area contributed by atoms with Gasteiger partial charge in [0.15, 0.2) is 0 Å². The molecule has 0 bridgehead atoms. The van der Waals surface area contributed by atoms with E-state index < -0.39 is 0 Å². The summed E-state index contributed by atoms with van der Waals surface area (Å²) >= 11 is 0. The molecule has 0 aromatic heterocycles. The second-order valence-corrected chi connectivity index (χ2v) is 9.79. The van der Waals surface area contributed by atoms with Crippen LogP contribution in [0.25, 0.3) is 0 Å². The van der Waals surface area contributed by atoms with Gasteiger partial charge in [0, 0.05) is 0 Å². The average molecular weight is 399 g/mol. The van der Waals surface area contributed by atoms with Crippen molar-refractivity contribution < 1.29 is 0 Å². The summed E-state index contributed by atoms with van der Waals surface area (Å²) in [6.45, 7) is 4.61. The summed E-state index contributed by atoms with van der Waals surface area (Å²) in [6, 6.07) is 9.43. The molecule has 1 aliphatic carbocycles. The monoisotopic (exact) mass is 398 g/mol. The Hall–Kier alpha value is -0.780. The van der Waals surface area contributed by atoms with Crippen LogP contribution < -0.4 is 0 Å². The molecule has 0 saturated carbocycles. The lowest BCUT2D eigenvalue weighted by Crippen LogP contribution is -1.95. The van der Waals surface area contributed by atoms with Gasteiger partial charge in [0.05, 0.1) is 0 Å². The predicted molar refractivity (Wildman–Crippen MR) is 131 cm³/mol. The summed E-state index contributed by atoms with van der Waals surface area (Å²) in [5.41, 5.74) is 3.41. The molecule has 0 heteroatoms. The van der Waals surface area contributed by atoms with Gasteiger partial charge in [-0.25, -0.2) is 0 Å². The number of rotatable bonds is 18. The van der Waals surface area contributed by atoms with E-state index in [1.807, 2.05) is 0 Å². The van der Waals surface area contributed by atoms with Crippen LogP contribution in [0.1, 0.15) is 159 Å². The third kappa shape index (κ3) is 9.71. The zero-order valence-electron chi connectivity index (χ0n) is 19.9. The van der Waals surface area contributed by atoms with Gasteiger partial charge in [-0.3, -0.25) is 0 Å². The summed E-state index contributed by atoms with van der Waals surface area (Å²) in [7, 11) is 0. The molecule has 1 aliphatic rings. The molecule has 2 rings (SSSR count). The van der Waals surface area contributed by atoms with Crippen LogP contribution >= 0.6 is 0 Å². The highest BCUT2D eigenvalue weighted by Crippen LogP contribution is 2.46. The molecule has 0 saturated heterocycles. The van der Waals surface area contributed by atoms with Crippen molar-refractivity contribution in [1.82, 2.24) is 0 Å². The molecule has 0 amide bonds. The van der Waals surface area contributed by atoms with E-state index in [-0.39, 0.29) is 0 Å². The number of benzene rings is 1. The van der Waals surface area contributed by atoms with E-state index in [0.29, 0.717) is 0 Å². The van der Waals surface area contributed by atoms with Crippen LogP contribution in [0.4, 0.5) is 0 Å². The summed E-state index contributed by atoms with van der Waals surface area (Å²) in [5.74, 6) is 1.70. The van der Waals surface area contributed by atoms with Gasteiger partial charge in [0.2, 0.25) is 0 Å². The molecular formula is C29H50. The number of hydrogen-bond donors (Lipinski definition) is 0. The molecule has 0 aliphatic heterocycles. The third-order valence-corrected chi connectivity index (χ3v) is 7.26. The van der Waals surface area contributed by atoms with Crippen molar-refractivity contribution in [2.45, 2.75) is 148 Å². The minimum atomic E-state index is 0.852. The highest BCUT2D eigenvalue weighted by molar-refractivity contribution is 5.38. The molecule has 0 spiro atoms. The Morgan fingerprint density at radius 3 is 1.24 bits per heavy atom. The number of fused-ring (bicyclic) bond motifs is 1. The fraction of sp³-hybridized carbons (Fsp3) is 0.793. The van der Waals surface area contributed by atoms with Crippen LogP contribution in [-0.4, -0.2) is 0 Å². The molecule has 29 heavy (non-hydrogen) atoms. The first-order chi connectivity index (χ1) is 14.4. The van der Waals surface area contributed by atoms with E-state index >= 15 is 0 Å². The SMILES string of the molecule is CCCCCCCCCCCCC1CC(CCCCCCCC)c2ccccc21. The van der Waals surface area contributed by atoms with Crippen molar-refractivity contribution in [3.05, 3.63) is 35.4 Å². The molecular weight excluding hydrogens is 348 g/mol. The van der Waals surface area contributed by atoms with Gasteiger partial charge in [0.25, 0.3) is 0 Å². The number of hydrogen-bond acceptors (Lipinski definition) is 0. The summed E-state index contributed by atoms with van der Waals surface area (Å²) in [4.78, 5) is 0. The van der Waals surface area contributed by atoms with E-state index in [1.54, 1.807) is 11.1 Å². The maximum absolute atomic E-state index is 2.44. The van der Waals surface area contributed by atoms with E-state index in [9.17, 15) is 0 Å². The molecule has 166 valence electrons. The van der Waals surface area contributed by atoms with E-state index in [2.05, 4.69) is 38.1 Å². The largest absolute Gasteiger partial charge is 0.0654 e. The Bertz CT molecular complexity index is 503. The molecule has 0 fully saturated rings. The van der Waals surface area contributed by atoms with Crippen molar-refractivity contribution in [2.75, 3.05) is 0 Å². The minimum Gasteiger partial charge on any atom is -0.0654 e. The summed E-state index contributed by atoms with van der Waals surface area (Å²) < 4.78 is 0. The van der Waals surface area contributed by atoms with Gasteiger partial charge in [-0.1, -0.05) is 141 Å². The Morgan fingerprint density at radius 1 is 0.517 bits per heavy atom. The maximum Gasteiger partial charge on any atom is -0.0153 e. The van der Waals surface area contributed by atoms with Crippen LogP contribution in [0.2, 0.25) is 0 Å². The van der Waals surface area contributed by atoms with Crippen molar-refractivity contribution in [3.63, 3.8) is 0 Å². The zero-order valence-corrected chi connectivity index (χ0v) is 19.9. The topological polar surface area (TPSA) is 0 Å². The van der Waals surface area contributed by atoms with Gasteiger partial charge in [-0.15, -0.1) is 0 Å². The molecule has 0 N–H and O–H groups in total. The first-order valence-electron chi connectivity index (χ1n) is 13.5. The average Bonchev–Trinajstić information content (AvgIpc) is 3.10. The van der Waals surface area contributed by atoms with Crippen LogP contribution in [0, 0.1) is 0 Å². The highest BCUT2D eigenvalue weighted by atomic mass is 14.3. The van der Waals surface area contributed by atoms with Gasteiger partial charge in [0.1, 0.15) is 0 Å². The molecule has 0 radical (unpaired) electrons. The Balaban J connectivity index is 1.59. The molecule has 2 atom stereocenters. The van der Waals surface area contributed by atoms with Gasteiger partial charge >= 0.3 is 0 Å². The van der Waals surface area contributed by atoms with E-state index in [1.165, 1.54) is 122 Å². The molecule has 1 aromatic rings.